The molecule has 8 atom stereocenters. The molecular formula is C29H44N2O4S. The molecule has 0 amide bonds. The second kappa shape index (κ2) is 9.39. The molecule has 5 rings (SSSR count). The highest BCUT2D eigenvalue weighted by molar-refractivity contribution is 7.89. The molecule has 6 nitrogen and oxygen atoms in total. The molecule has 36 heavy (non-hydrogen) atoms. The summed E-state index contributed by atoms with van der Waals surface area (Å²) >= 11 is 0. The fourth-order valence-electron chi connectivity index (χ4n) is 8.60. The Kier molecular flexibility index (Phi) is 6.83. The summed E-state index contributed by atoms with van der Waals surface area (Å²) in [5.74, 6) is 2.35. The van der Waals surface area contributed by atoms with E-state index in [1.165, 1.54) is 12.8 Å². The number of hydrogen-bond acceptors (Lipinski definition) is 5. The molecule has 2 N–H and O–H groups in total. The fraction of sp³-hybridized carbons (Fsp3) is 0.759. The predicted molar refractivity (Wildman–Crippen MR) is 142 cm³/mol. The number of aryl methyl sites for hydroxylation is 1. The van der Waals surface area contributed by atoms with Crippen LogP contribution in [0.5, 0.6) is 0 Å². The Morgan fingerprint density at radius 2 is 1.81 bits per heavy atom. The van der Waals surface area contributed by atoms with Crippen LogP contribution in [0.15, 0.2) is 34.3 Å². The number of nitrogens with zero attached hydrogens (tertiary/aromatic N) is 1. The molecular weight excluding hydrogens is 472 g/mol. The van der Waals surface area contributed by atoms with Crippen LogP contribution in [0.25, 0.3) is 0 Å². The summed E-state index contributed by atoms with van der Waals surface area (Å²) in [5, 5.41) is 15.4. The average Bonchev–Trinajstić information content (AvgIpc) is 3.15. The minimum absolute atomic E-state index is 0.0534. The van der Waals surface area contributed by atoms with Crippen LogP contribution in [0.2, 0.25) is 0 Å². The normalized spacial score (nSPS) is 41.6. The molecule has 1 unspecified atom stereocenters. The van der Waals surface area contributed by atoms with E-state index in [1.54, 1.807) is 12.1 Å². The van der Waals surface area contributed by atoms with Crippen LogP contribution >= 0.6 is 0 Å². The molecule has 0 spiro atoms. The number of nitrogens with one attached hydrogen (secondary N) is 1. The van der Waals surface area contributed by atoms with Crippen molar-refractivity contribution in [3.8, 4) is 0 Å². The number of aliphatic hydroxyl groups excluding tert-OH is 1. The molecule has 200 valence electrons. The first-order valence-corrected chi connectivity index (χ1v) is 15.4. The van der Waals surface area contributed by atoms with Crippen LogP contribution < -0.4 is 4.83 Å². The number of hydrogen-bond donors (Lipinski definition) is 2. The van der Waals surface area contributed by atoms with Crippen LogP contribution in [0, 0.1) is 41.4 Å². The molecule has 4 aliphatic carbocycles. The summed E-state index contributed by atoms with van der Waals surface area (Å²) in [5.41, 5.74) is 2.19. The largest absolute Gasteiger partial charge is 0.390 e. The van der Waals surface area contributed by atoms with Gasteiger partial charge in [-0.05, 0) is 113 Å². The number of benzene rings is 1. The van der Waals surface area contributed by atoms with Crippen molar-refractivity contribution < 1.29 is 18.3 Å². The van der Waals surface area contributed by atoms with Crippen molar-refractivity contribution in [2.45, 2.75) is 109 Å². The van der Waals surface area contributed by atoms with E-state index in [9.17, 15) is 13.5 Å². The summed E-state index contributed by atoms with van der Waals surface area (Å²) in [7, 11) is -3.67. The van der Waals surface area contributed by atoms with E-state index in [4.69, 9.17) is 4.74 Å². The summed E-state index contributed by atoms with van der Waals surface area (Å²) in [4.78, 5) is 2.82. The standard InChI is InChI=1S/C29H44N2O4S/c1-18(2)35-26-17-29(5)20(16-25(26)32)8-11-22-23-12-13-27(28(23,4)15-14-24(22)29)30-31-36(33,34)21-9-6-19(3)7-10-21/h6-7,9-10,18,20,22-26,31-32H,8,11-17H2,1-5H3/t20-,22-,23-,24-,25-,26?,28-,29-/m0/s1. The maximum absolute atomic E-state index is 12.9. The third-order valence-electron chi connectivity index (χ3n) is 10.5. The zero-order valence-electron chi connectivity index (χ0n) is 22.5. The third kappa shape index (κ3) is 4.43. The van der Waals surface area contributed by atoms with Gasteiger partial charge in [0.25, 0.3) is 10.0 Å². The molecule has 4 saturated carbocycles. The molecule has 4 aliphatic rings. The molecule has 1 aromatic rings. The zero-order chi connectivity index (χ0) is 25.9. The van der Waals surface area contributed by atoms with Crippen molar-refractivity contribution in [1.29, 1.82) is 0 Å². The summed E-state index contributed by atoms with van der Waals surface area (Å²) in [6, 6.07) is 6.90. The van der Waals surface area contributed by atoms with Crippen molar-refractivity contribution in [3.63, 3.8) is 0 Å². The molecule has 0 radical (unpaired) electrons. The van der Waals surface area contributed by atoms with Crippen molar-refractivity contribution in [1.82, 2.24) is 4.83 Å². The lowest BCUT2D eigenvalue weighted by molar-refractivity contribution is -0.175. The lowest BCUT2D eigenvalue weighted by Crippen LogP contribution is -2.57. The molecule has 7 heteroatoms. The van der Waals surface area contributed by atoms with Gasteiger partial charge in [0.05, 0.1) is 23.2 Å². The van der Waals surface area contributed by atoms with Crippen LogP contribution in [-0.2, 0) is 14.8 Å². The third-order valence-corrected chi connectivity index (χ3v) is 11.7. The average molecular weight is 517 g/mol. The van der Waals surface area contributed by atoms with E-state index in [0.29, 0.717) is 23.7 Å². The van der Waals surface area contributed by atoms with E-state index in [0.717, 1.165) is 49.8 Å². The van der Waals surface area contributed by atoms with E-state index < -0.39 is 10.0 Å². The molecule has 0 heterocycles. The van der Waals surface area contributed by atoms with Crippen LogP contribution in [0.1, 0.15) is 84.6 Å². The first-order chi connectivity index (χ1) is 16.9. The minimum Gasteiger partial charge on any atom is -0.390 e. The molecule has 0 aliphatic heterocycles. The second-order valence-electron chi connectivity index (χ2n) is 12.8. The van der Waals surface area contributed by atoms with Gasteiger partial charge in [-0.3, -0.25) is 0 Å². The SMILES string of the molecule is Cc1ccc(S(=O)(=O)NN=C2CC[C@H]3[C@@H]4CC[C@H]5C[C@H](O)C(OC(C)C)C[C@]5(C)[C@H]4CC[C@]23C)cc1. The molecule has 0 aromatic heterocycles. The second-order valence-corrected chi connectivity index (χ2v) is 14.5. The quantitative estimate of drug-likeness (QED) is 0.511. The van der Waals surface area contributed by atoms with Crippen LogP contribution in [0.3, 0.4) is 0 Å². The Hall–Kier alpha value is -1.44. The van der Waals surface area contributed by atoms with Gasteiger partial charge in [-0.25, -0.2) is 4.83 Å². The number of sulfonamides is 1. The van der Waals surface area contributed by atoms with Gasteiger partial charge >= 0.3 is 0 Å². The van der Waals surface area contributed by atoms with Gasteiger partial charge in [0.1, 0.15) is 0 Å². The Bertz CT molecular complexity index is 1100. The highest BCUT2D eigenvalue weighted by atomic mass is 32.2. The van der Waals surface area contributed by atoms with Gasteiger partial charge in [-0.15, -0.1) is 0 Å². The van der Waals surface area contributed by atoms with Crippen LogP contribution in [0.4, 0.5) is 0 Å². The molecule has 1 aromatic carbocycles. The van der Waals surface area contributed by atoms with Crippen molar-refractivity contribution in [2.75, 3.05) is 0 Å². The summed E-state index contributed by atoms with van der Waals surface area (Å²) < 4.78 is 31.9. The first kappa shape index (κ1) is 26.2. The Balaban J connectivity index is 1.34. The van der Waals surface area contributed by atoms with Crippen molar-refractivity contribution in [2.24, 2.45) is 39.6 Å². The minimum atomic E-state index is -3.67. The van der Waals surface area contributed by atoms with Gasteiger partial charge in [-0.1, -0.05) is 31.5 Å². The van der Waals surface area contributed by atoms with Crippen molar-refractivity contribution in [3.05, 3.63) is 29.8 Å². The summed E-state index contributed by atoms with van der Waals surface area (Å²) in [6.07, 6.45) is 7.98. The van der Waals surface area contributed by atoms with Gasteiger partial charge in [-0.2, -0.15) is 13.5 Å². The van der Waals surface area contributed by atoms with E-state index in [1.807, 2.05) is 19.1 Å². The van der Waals surface area contributed by atoms with Crippen LogP contribution in [-0.4, -0.2) is 37.5 Å². The van der Waals surface area contributed by atoms with Gasteiger partial charge in [0.2, 0.25) is 0 Å². The Morgan fingerprint density at radius 3 is 2.50 bits per heavy atom. The lowest BCUT2D eigenvalue weighted by atomic mass is 9.45. The van der Waals surface area contributed by atoms with E-state index in [2.05, 4.69) is 37.6 Å². The Morgan fingerprint density at radius 1 is 1.08 bits per heavy atom. The smallest absolute Gasteiger partial charge is 0.276 e. The van der Waals surface area contributed by atoms with E-state index >= 15 is 0 Å². The highest BCUT2D eigenvalue weighted by Crippen LogP contribution is 2.65. The number of hydrazone groups is 1. The zero-order valence-corrected chi connectivity index (χ0v) is 23.4. The molecule has 0 bridgehead atoms. The fourth-order valence-corrected chi connectivity index (χ4v) is 9.43. The number of rotatable bonds is 5. The number of ether oxygens (including phenoxy) is 1. The molecule has 0 saturated heterocycles. The maximum atomic E-state index is 12.9. The molecule has 4 fully saturated rings. The maximum Gasteiger partial charge on any atom is 0.276 e. The number of fused-ring (bicyclic) bond motifs is 5. The first-order valence-electron chi connectivity index (χ1n) is 13.9. The Labute approximate surface area is 217 Å². The summed E-state index contributed by atoms with van der Waals surface area (Å²) in [6.45, 7) is 10.9. The van der Waals surface area contributed by atoms with Gasteiger partial charge in [0, 0.05) is 11.1 Å². The van der Waals surface area contributed by atoms with Gasteiger partial charge in [0.15, 0.2) is 0 Å². The topological polar surface area (TPSA) is 88.0 Å². The lowest BCUT2D eigenvalue weighted by Gasteiger charge is -2.61. The number of aliphatic hydroxyl groups is 1. The van der Waals surface area contributed by atoms with Gasteiger partial charge < -0.3 is 9.84 Å². The monoisotopic (exact) mass is 516 g/mol. The predicted octanol–water partition coefficient (Wildman–Crippen LogP) is 5.44. The van der Waals surface area contributed by atoms with E-state index in [-0.39, 0.29) is 34.0 Å². The highest BCUT2D eigenvalue weighted by Gasteiger charge is 2.60. The van der Waals surface area contributed by atoms with Crippen molar-refractivity contribution >= 4 is 15.7 Å².